The molecular formula is C14H23N7O2S. The maximum Gasteiger partial charge on any atom is 0.259 e. The summed E-state index contributed by atoms with van der Waals surface area (Å²) in [5.41, 5.74) is 0. The van der Waals surface area contributed by atoms with Crippen molar-refractivity contribution in [2.24, 2.45) is 4.99 Å². The van der Waals surface area contributed by atoms with Gasteiger partial charge in [-0.1, -0.05) is 0 Å². The Morgan fingerprint density at radius 3 is 3.04 bits per heavy atom. The number of aliphatic imine (C=N–C) groups is 1. The summed E-state index contributed by atoms with van der Waals surface area (Å²) in [5, 5.41) is 15.4. The largest absolute Gasteiger partial charge is 0.359 e. The first-order valence-corrected chi connectivity index (χ1v) is 9.01. The van der Waals surface area contributed by atoms with E-state index in [1.54, 1.807) is 18.1 Å². The van der Waals surface area contributed by atoms with E-state index in [9.17, 15) is 9.59 Å². The number of hydrogen-bond acceptors (Lipinski definition) is 8. The Labute approximate surface area is 145 Å². The van der Waals surface area contributed by atoms with Crippen LogP contribution in [-0.4, -0.2) is 73.5 Å². The molecule has 3 rings (SSSR count). The Morgan fingerprint density at radius 2 is 2.21 bits per heavy atom. The minimum Gasteiger partial charge on any atom is -0.359 e. The number of thioether (sulfide) groups is 1. The van der Waals surface area contributed by atoms with Crippen LogP contribution in [-0.2, 0) is 9.59 Å². The number of nitrogens with zero attached hydrogens (tertiary/aromatic N) is 2. The van der Waals surface area contributed by atoms with Gasteiger partial charge in [0, 0.05) is 45.2 Å². The molecule has 3 aliphatic rings. The van der Waals surface area contributed by atoms with Crippen LogP contribution in [0, 0.1) is 0 Å². The molecule has 3 atom stereocenters. The molecule has 0 bridgehead atoms. The van der Waals surface area contributed by atoms with Gasteiger partial charge in [0.15, 0.2) is 0 Å². The highest BCUT2D eigenvalue weighted by Crippen LogP contribution is 2.25. The van der Waals surface area contributed by atoms with Crippen LogP contribution in [0.4, 0.5) is 0 Å². The minimum atomic E-state index is -0.109. The minimum absolute atomic E-state index is 0.0330. The fourth-order valence-electron chi connectivity index (χ4n) is 2.90. The molecular weight excluding hydrogens is 330 g/mol. The third kappa shape index (κ3) is 4.00. The quantitative estimate of drug-likeness (QED) is 0.361. The highest BCUT2D eigenvalue weighted by atomic mass is 32.2. The molecule has 3 unspecified atom stereocenters. The van der Waals surface area contributed by atoms with Crippen LogP contribution in [0.15, 0.2) is 16.1 Å². The van der Waals surface area contributed by atoms with Gasteiger partial charge in [0.1, 0.15) is 6.17 Å². The van der Waals surface area contributed by atoms with E-state index in [4.69, 9.17) is 0 Å². The summed E-state index contributed by atoms with van der Waals surface area (Å²) < 4.78 is 0. The van der Waals surface area contributed by atoms with E-state index < -0.39 is 0 Å². The fraction of sp³-hybridized carbons (Fsp3) is 0.643. The maximum absolute atomic E-state index is 12.3. The molecule has 24 heavy (non-hydrogen) atoms. The number of hydrogen-bond donors (Lipinski definition) is 5. The Balaban J connectivity index is 1.58. The molecule has 2 amide bonds. The van der Waals surface area contributed by atoms with Gasteiger partial charge in [0.2, 0.25) is 5.91 Å². The molecule has 0 aromatic rings. The Bertz CT molecular complexity index is 553. The highest BCUT2D eigenvalue weighted by molar-refractivity contribution is 8.04. The number of rotatable bonds is 5. The van der Waals surface area contributed by atoms with Gasteiger partial charge in [-0.15, -0.1) is 11.8 Å². The van der Waals surface area contributed by atoms with E-state index in [0.29, 0.717) is 18.0 Å². The third-order valence-corrected chi connectivity index (χ3v) is 5.05. The van der Waals surface area contributed by atoms with E-state index in [1.807, 2.05) is 6.20 Å². The van der Waals surface area contributed by atoms with Gasteiger partial charge in [-0.25, -0.2) is 4.99 Å². The molecule has 5 N–H and O–H groups in total. The zero-order valence-corrected chi connectivity index (χ0v) is 14.4. The van der Waals surface area contributed by atoms with Gasteiger partial charge in [-0.05, 0) is 0 Å². The molecule has 0 spiro atoms. The summed E-state index contributed by atoms with van der Waals surface area (Å²) in [6.45, 7) is 3.89. The van der Waals surface area contributed by atoms with Crippen molar-refractivity contribution in [2.45, 2.75) is 25.3 Å². The number of fused-ring (bicyclic) bond motifs is 1. The zero-order valence-electron chi connectivity index (χ0n) is 13.5. The Morgan fingerprint density at radius 1 is 1.38 bits per heavy atom. The lowest BCUT2D eigenvalue weighted by Crippen LogP contribution is -2.58. The van der Waals surface area contributed by atoms with Crippen molar-refractivity contribution in [3.8, 4) is 0 Å². The summed E-state index contributed by atoms with van der Waals surface area (Å²) in [6.07, 6.45) is 3.75. The molecule has 0 aromatic carbocycles. The number of amides is 2. The lowest BCUT2D eigenvalue weighted by Gasteiger charge is -2.38. The van der Waals surface area contributed by atoms with Crippen molar-refractivity contribution < 1.29 is 9.59 Å². The van der Waals surface area contributed by atoms with Crippen LogP contribution in [0.2, 0.25) is 0 Å². The molecule has 0 radical (unpaired) electrons. The van der Waals surface area contributed by atoms with Crippen LogP contribution in [0.25, 0.3) is 0 Å². The van der Waals surface area contributed by atoms with Crippen LogP contribution in [0.1, 0.15) is 6.92 Å². The first kappa shape index (κ1) is 17.1. The second-order valence-corrected chi connectivity index (χ2v) is 6.90. The van der Waals surface area contributed by atoms with E-state index in [0.717, 1.165) is 19.0 Å². The molecule has 0 aliphatic carbocycles. The van der Waals surface area contributed by atoms with Crippen molar-refractivity contribution in [2.75, 3.05) is 32.1 Å². The predicted molar refractivity (Wildman–Crippen MR) is 93.1 cm³/mol. The predicted octanol–water partition coefficient (Wildman–Crippen LogP) is -2.07. The summed E-state index contributed by atoms with van der Waals surface area (Å²) in [6, 6.07) is 0.165. The van der Waals surface area contributed by atoms with Crippen molar-refractivity contribution in [1.82, 2.24) is 31.5 Å². The lowest BCUT2D eigenvalue weighted by atomic mass is 10.1. The topological polar surface area (TPSA) is 110 Å². The molecule has 0 saturated carbocycles. The molecule has 0 aromatic heterocycles. The Hall–Kier alpha value is -1.78. The van der Waals surface area contributed by atoms with Crippen LogP contribution in [0.5, 0.6) is 0 Å². The van der Waals surface area contributed by atoms with Crippen molar-refractivity contribution in [1.29, 1.82) is 0 Å². The van der Waals surface area contributed by atoms with Crippen LogP contribution >= 0.6 is 11.8 Å². The summed E-state index contributed by atoms with van der Waals surface area (Å²) in [4.78, 5) is 30.4. The average molecular weight is 353 g/mol. The standard InChI is InChI=1S/C14H23N7O2S/c1-9(22)15-2-3-16-14(23)10-6-21(4-5-24-10)13-11-12(18-7-17-11)19-8-20-13/h6,8,11-13,17-18H,2-5,7H2,1H3,(H,15,22)(H,16,23)(H,19,20). The van der Waals surface area contributed by atoms with Gasteiger partial charge in [-0.2, -0.15) is 0 Å². The van der Waals surface area contributed by atoms with Gasteiger partial charge in [-0.3, -0.25) is 20.2 Å². The molecule has 1 fully saturated rings. The van der Waals surface area contributed by atoms with Gasteiger partial charge in [0.25, 0.3) is 5.91 Å². The van der Waals surface area contributed by atoms with Gasteiger partial charge in [0.05, 0.1) is 23.5 Å². The molecule has 10 heteroatoms. The van der Waals surface area contributed by atoms with Gasteiger partial charge < -0.3 is 20.9 Å². The first-order valence-electron chi connectivity index (χ1n) is 8.02. The molecule has 1 saturated heterocycles. The normalized spacial score (nSPS) is 28.6. The second-order valence-electron chi connectivity index (χ2n) is 5.77. The van der Waals surface area contributed by atoms with E-state index in [1.165, 1.54) is 6.92 Å². The molecule has 9 nitrogen and oxygen atoms in total. The smallest absolute Gasteiger partial charge is 0.259 e. The first-order chi connectivity index (χ1) is 11.6. The van der Waals surface area contributed by atoms with E-state index in [-0.39, 0.29) is 30.2 Å². The second kappa shape index (κ2) is 7.86. The molecule has 3 aliphatic heterocycles. The maximum atomic E-state index is 12.3. The fourth-order valence-corrected chi connectivity index (χ4v) is 3.84. The number of carbonyl (C=O) groups is 2. The zero-order chi connectivity index (χ0) is 16.9. The lowest BCUT2D eigenvalue weighted by molar-refractivity contribution is -0.120. The summed E-state index contributed by atoms with van der Waals surface area (Å²) >= 11 is 1.55. The van der Waals surface area contributed by atoms with Crippen molar-refractivity contribution >= 4 is 29.9 Å². The SMILES string of the molecule is CC(=O)NCCNC(=O)C1=CN(C2N=CNC3NCNC32)CCS1. The number of carbonyl (C=O) groups excluding carboxylic acids is 2. The summed E-state index contributed by atoms with van der Waals surface area (Å²) in [5.74, 6) is 0.634. The Kier molecular flexibility index (Phi) is 5.59. The van der Waals surface area contributed by atoms with Crippen molar-refractivity contribution in [3.05, 3.63) is 11.1 Å². The van der Waals surface area contributed by atoms with Gasteiger partial charge >= 0.3 is 0 Å². The molecule has 132 valence electrons. The van der Waals surface area contributed by atoms with Crippen LogP contribution < -0.4 is 26.6 Å². The highest BCUT2D eigenvalue weighted by Gasteiger charge is 2.38. The summed E-state index contributed by atoms with van der Waals surface area (Å²) in [7, 11) is 0. The van der Waals surface area contributed by atoms with E-state index >= 15 is 0 Å². The molecule has 3 heterocycles. The third-order valence-electron chi connectivity index (χ3n) is 4.06. The number of nitrogens with one attached hydrogen (secondary N) is 5. The van der Waals surface area contributed by atoms with E-state index in [2.05, 4.69) is 36.5 Å². The van der Waals surface area contributed by atoms with Crippen molar-refractivity contribution in [3.63, 3.8) is 0 Å². The van der Waals surface area contributed by atoms with Crippen LogP contribution in [0.3, 0.4) is 0 Å². The monoisotopic (exact) mass is 353 g/mol. The average Bonchev–Trinajstić information content (AvgIpc) is 3.07.